The van der Waals surface area contributed by atoms with Crippen LogP contribution >= 0.6 is 0 Å². The molecule has 0 aliphatic carbocycles. The molecule has 128 valence electrons. The number of carbonyl (C=O) groups excluding carboxylic acids is 1. The molecular weight excluding hydrogens is 348 g/mol. The second-order valence-corrected chi connectivity index (χ2v) is 6.87. The number of carbonyl (C=O) groups is 2. The third-order valence-corrected chi connectivity index (χ3v) is 4.55. The van der Waals surface area contributed by atoms with Gasteiger partial charge in [-0.2, -0.15) is 0 Å². The van der Waals surface area contributed by atoms with Gasteiger partial charge in [0.25, 0.3) is 11.9 Å². The average Bonchev–Trinajstić information content (AvgIpc) is 2.87. The van der Waals surface area contributed by atoms with Gasteiger partial charge in [0.05, 0.1) is 21.7 Å². The van der Waals surface area contributed by atoms with Crippen LogP contribution in [0.25, 0.3) is 0 Å². The highest BCUT2D eigenvalue weighted by molar-refractivity contribution is 7.89. The number of nitrogens with one attached hydrogen (secondary N) is 2. The molecular formula is C15H13N4O5S+. The summed E-state index contributed by atoms with van der Waals surface area (Å²) in [4.78, 5) is 23.1. The molecule has 9 nitrogen and oxygen atoms in total. The van der Waals surface area contributed by atoms with Crippen molar-refractivity contribution in [3.63, 3.8) is 0 Å². The number of hydrogen-bond acceptors (Lipinski definition) is 5. The molecule has 0 aromatic heterocycles. The minimum atomic E-state index is -3.79. The number of rotatable bonds is 4. The number of benzene rings is 2. The summed E-state index contributed by atoms with van der Waals surface area (Å²) < 4.78 is 22.4. The number of aromatic carboxylic acids is 1. The molecule has 3 rings (SSSR count). The minimum Gasteiger partial charge on any atom is -0.478 e. The van der Waals surface area contributed by atoms with Crippen molar-refractivity contribution in [2.24, 2.45) is 10.3 Å². The minimum absolute atomic E-state index is 0.0542. The number of sulfonamides is 1. The molecule has 0 radical (unpaired) electrons. The first kappa shape index (κ1) is 16.7. The van der Waals surface area contributed by atoms with Crippen molar-refractivity contribution in [1.82, 2.24) is 0 Å². The fourth-order valence-corrected chi connectivity index (χ4v) is 2.89. The van der Waals surface area contributed by atoms with Crippen LogP contribution in [0.15, 0.2) is 52.5 Å². The first-order chi connectivity index (χ1) is 11.8. The lowest BCUT2D eigenvalue weighted by Crippen LogP contribution is -2.69. The summed E-state index contributed by atoms with van der Waals surface area (Å²) >= 11 is 0. The predicted octanol–water partition coefficient (Wildman–Crippen LogP) is -0.110. The molecule has 1 amide bonds. The lowest BCUT2D eigenvalue weighted by molar-refractivity contribution is -0.559. The summed E-state index contributed by atoms with van der Waals surface area (Å²) in [5, 5.41) is 23.4. The van der Waals surface area contributed by atoms with Crippen molar-refractivity contribution in [2.45, 2.75) is 10.9 Å². The van der Waals surface area contributed by atoms with Crippen molar-refractivity contribution in [3.8, 4) is 0 Å². The summed E-state index contributed by atoms with van der Waals surface area (Å²) in [6.07, 6.45) is 0. The molecule has 0 bridgehead atoms. The standard InChI is InChI=1S/C15H12N4O5S/c16-25(23,24)10-4-2-9(3-5-10)18-19-13-11-7-8(15(21)22)1-6-12(11)17-14(13)20/h1-7,13H,(H,17,20)(H,21,22)(H2,16,23,24)/p+1. The monoisotopic (exact) mass is 361 g/mol. The third-order valence-electron chi connectivity index (χ3n) is 3.62. The zero-order valence-corrected chi connectivity index (χ0v) is 13.4. The van der Waals surface area contributed by atoms with E-state index in [0.717, 1.165) is 0 Å². The van der Waals surface area contributed by atoms with E-state index in [9.17, 15) is 18.0 Å². The van der Waals surface area contributed by atoms with Crippen LogP contribution in [-0.4, -0.2) is 25.4 Å². The largest absolute Gasteiger partial charge is 0.478 e. The normalized spacial score (nSPS) is 16.7. The number of fused-ring (bicyclic) bond motifs is 1. The van der Waals surface area contributed by atoms with Crippen LogP contribution in [0.3, 0.4) is 0 Å². The van der Waals surface area contributed by atoms with Gasteiger partial charge in [-0.3, -0.25) is 4.79 Å². The number of nitrogens with zero attached hydrogens (tertiary/aromatic N) is 1. The lowest BCUT2D eigenvalue weighted by atomic mass is 10.1. The Morgan fingerprint density at radius 2 is 1.88 bits per heavy atom. The molecule has 2 aromatic carbocycles. The molecule has 1 unspecified atom stereocenters. The van der Waals surface area contributed by atoms with Crippen LogP contribution in [0, 0.1) is 0 Å². The Bertz CT molecular complexity index is 999. The molecule has 1 atom stereocenters. The maximum Gasteiger partial charge on any atom is 0.335 e. The Hall–Kier alpha value is -3.11. The maximum absolute atomic E-state index is 12.0. The first-order valence-electron chi connectivity index (χ1n) is 7.03. The topological polar surface area (TPSA) is 153 Å². The van der Waals surface area contributed by atoms with Gasteiger partial charge >= 0.3 is 5.97 Å². The van der Waals surface area contributed by atoms with E-state index in [4.69, 9.17) is 10.2 Å². The third kappa shape index (κ3) is 3.39. The fraction of sp³-hybridized carbons (Fsp3) is 0.0667. The number of amides is 1. The lowest BCUT2D eigenvalue weighted by Gasteiger charge is -2.00. The SMILES string of the molecule is NS(=O)(=O)c1ccc(N=[NH+]C2C(=O)Nc3ccc(C(=O)O)cc32)cc1. The van der Waals surface area contributed by atoms with Crippen LogP contribution in [0.4, 0.5) is 11.4 Å². The highest BCUT2D eigenvalue weighted by Crippen LogP contribution is 2.29. The Morgan fingerprint density at radius 1 is 1.20 bits per heavy atom. The zero-order chi connectivity index (χ0) is 18.2. The molecule has 5 N–H and O–H groups in total. The highest BCUT2D eigenvalue weighted by atomic mass is 32.2. The highest BCUT2D eigenvalue weighted by Gasteiger charge is 2.36. The quantitative estimate of drug-likeness (QED) is 0.560. The Balaban J connectivity index is 1.89. The number of hydrogen-bond donors (Lipinski definition) is 4. The van der Waals surface area contributed by atoms with E-state index < -0.39 is 22.0 Å². The predicted molar refractivity (Wildman–Crippen MR) is 85.6 cm³/mol. The second-order valence-electron chi connectivity index (χ2n) is 5.31. The van der Waals surface area contributed by atoms with Gasteiger partial charge in [-0.1, -0.05) is 0 Å². The van der Waals surface area contributed by atoms with E-state index in [1.807, 2.05) is 0 Å². The van der Waals surface area contributed by atoms with Crippen LogP contribution in [0.1, 0.15) is 22.0 Å². The smallest absolute Gasteiger partial charge is 0.335 e. The zero-order valence-electron chi connectivity index (χ0n) is 12.6. The van der Waals surface area contributed by atoms with Crippen molar-refractivity contribution in [1.29, 1.82) is 0 Å². The summed E-state index contributed by atoms with van der Waals surface area (Å²) in [6.45, 7) is 0. The van der Waals surface area contributed by atoms with Gasteiger partial charge < -0.3 is 10.4 Å². The Labute approximate surface area is 142 Å². The molecule has 10 heteroatoms. The summed E-state index contributed by atoms with van der Waals surface area (Å²) in [7, 11) is -3.79. The van der Waals surface area contributed by atoms with E-state index in [-0.39, 0.29) is 16.4 Å². The summed E-state index contributed by atoms with van der Waals surface area (Å²) in [5.74, 6) is -1.47. The van der Waals surface area contributed by atoms with Crippen molar-refractivity contribution in [3.05, 3.63) is 53.6 Å². The van der Waals surface area contributed by atoms with Gasteiger partial charge in [0.2, 0.25) is 10.0 Å². The average molecular weight is 361 g/mol. The second kappa shape index (κ2) is 6.07. The number of anilines is 1. The molecule has 0 fully saturated rings. The van der Waals surface area contributed by atoms with E-state index >= 15 is 0 Å². The van der Waals surface area contributed by atoms with Crippen LogP contribution in [0.2, 0.25) is 0 Å². The molecule has 1 heterocycles. The van der Waals surface area contributed by atoms with Crippen LogP contribution in [-0.2, 0) is 14.8 Å². The van der Waals surface area contributed by atoms with Gasteiger partial charge in [0.15, 0.2) is 0 Å². The number of primary sulfonamides is 1. The number of carboxylic acid groups (broad SMARTS) is 1. The molecule has 2 aromatic rings. The van der Waals surface area contributed by atoms with Crippen molar-refractivity contribution < 1.29 is 28.2 Å². The number of carboxylic acids is 1. The maximum atomic E-state index is 12.0. The molecule has 0 saturated carbocycles. The molecule has 1 aliphatic heterocycles. The van der Waals surface area contributed by atoms with Gasteiger partial charge in [-0.05, 0) is 47.6 Å². The first-order valence-corrected chi connectivity index (χ1v) is 8.57. The molecule has 0 spiro atoms. The van der Waals surface area contributed by atoms with E-state index in [1.165, 1.54) is 42.5 Å². The fourth-order valence-electron chi connectivity index (χ4n) is 2.37. The number of azo groups is 1. The van der Waals surface area contributed by atoms with Gasteiger partial charge in [-0.25, -0.2) is 18.4 Å². The van der Waals surface area contributed by atoms with Gasteiger partial charge in [-0.15, -0.1) is 5.11 Å². The van der Waals surface area contributed by atoms with E-state index in [1.54, 1.807) is 0 Å². The van der Waals surface area contributed by atoms with Crippen molar-refractivity contribution in [2.75, 3.05) is 5.32 Å². The Kier molecular flexibility index (Phi) is 4.07. The summed E-state index contributed by atoms with van der Waals surface area (Å²) in [5.41, 5.74) is 1.41. The van der Waals surface area contributed by atoms with Crippen LogP contribution in [0.5, 0.6) is 0 Å². The number of nitrogens with two attached hydrogens (primary N) is 1. The van der Waals surface area contributed by atoms with Gasteiger partial charge in [0.1, 0.15) is 5.69 Å². The summed E-state index contributed by atoms with van der Waals surface area (Å²) in [6, 6.07) is 8.89. The molecule has 25 heavy (non-hydrogen) atoms. The van der Waals surface area contributed by atoms with E-state index in [2.05, 4.69) is 15.5 Å². The van der Waals surface area contributed by atoms with Gasteiger partial charge in [0, 0.05) is 0 Å². The van der Waals surface area contributed by atoms with Crippen molar-refractivity contribution >= 4 is 33.3 Å². The molecule has 1 aliphatic rings. The Morgan fingerprint density at radius 3 is 2.48 bits per heavy atom. The van der Waals surface area contributed by atoms with E-state index in [0.29, 0.717) is 16.9 Å². The molecule has 0 saturated heterocycles. The van der Waals surface area contributed by atoms with Crippen LogP contribution < -0.4 is 15.6 Å².